The summed E-state index contributed by atoms with van der Waals surface area (Å²) in [4.78, 5) is 45.8. The van der Waals surface area contributed by atoms with E-state index in [-0.39, 0.29) is 103 Å². The van der Waals surface area contributed by atoms with Crippen molar-refractivity contribution in [2.75, 3.05) is 0 Å². The third kappa shape index (κ3) is 399. The van der Waals surface area contributed by atoms with Crippen LogP contribution < -0.4 is 113 Å². The topological polar surface area (TPSA) is 222 Å². The van der Waals surface area contributed by atoms with E-state index in [1.165, 1.54) is 0 Å². The molecule has 7 N–H and O–H groups in total. The molecule has 0 heterocycles. The summed E-state index contributed by atoms with van der Waals surface area (Å²) in [6.07, 6.45) is 0. The van der Waals surface area contributed by atoms with Crippen molar-refractivity contribution < 1.29 is 156 Å². The number of hydrogen-bond donors (Lipinski definition) is 7. The molecule has 0 aliphatic heterocycles. The van der Waals surface area contributed by atoms with Gasteiger partial charge in [0.25, 0.3) is 0 Å². The maximum atomic E-state index is 8.88. The minimum absolute atomic E-state index is 0. The summed E-state index contributed by atoms with van der Waals surface area (Å²) >= 11 is 0. The third-order valence-electron chi connectivity index (χ3n) is 0. The number of rotatable bonds is 0. The van der Waals surface area contributed by atoms with Crippen molar-refractivity contribution >= 4 is 23.0 Å². The van der Waals surface area contributed by atoms with Gasteiger partial charge in [0.2, 0.25) is 0 Å². The molecule has 0 aliphatic carbocycles. The van der Waals surface area contributed by atoms with Gasteiger partial charge in [-0.1, -0.05) is 0 Å². The van der Waals surface area contributed by atoms with Gasteiger partial charge in [0.05, 0.1) is 7.82 Å². The van der Waals surface area contributed by atoms with E-state index in [0.29, 0.717) is 0 Å². The van der Waals surface area contributed by atoms with Gasteiger partial charge < -0.3 is 49.0 Å². The van der Waals surface area contributed by atoms with Crippen LogP contribution >= 0.6 is 15.6 Å². The van der Waals surface area contributed by atoms with Gasteiger partial charge >= 0.3 is 118 Å². The van der Waals surface area contributed by atoms with Crippen molar-refractivity contribution in [3.63, 3.8) is 0 Å². The summed E-state index contributed by atoms with van der Waals surface area (Å²) in [6, 6.07) is 0. The second-order valence-corrected chi connectivity index (χ2v) is 3.29. The van der Waals surface area contributed by atoms with Crippen LogP contribution in [0.15, 0.2) is 0 Å². The molecule has 0 fully saturated rings. The van der Waals surface area contributed by atoms with E-state index in [2.05, 4.69) is 0 Å². The molecular weight excluding hydrogens is 327 g/mol. The molecule has 0 bridgehead atoms. The molecule has 0 amide bonds. The first-order valence-corrected chi connectivity index (χ1v) is 5.37. The van der Waals surface area contributed by atoms with Gasteiger partial charge in [-0.3, -0.25) is 0 Å². The monoisotopic (exact) mass is 334 g/mol. The molecule has 88 valence electrons. The molecule has 0 saturated heterocycles. The largest absolute Gasteiger partial charge is 1.00 e. The summed E-state index contributed by atoms with van der Waals surface area (Å²) < 4.78 is 17.5. The molecule has 0 aliphatic rings. The smallest absolute Gasteiger partial charge is 0.790 e. The SMILES string of the molecule is O=P(O)(O)O.O=P([O-])([O-])O.OB(O)O.[K+].[K+]. The van der Waals surface area contributed by atoms with Crippen LogP contribution in [0.2, 0.25) is 0 Å². The zero-order valence-corrected chi connectivity index (χ0v) is 16.3. The van der Waals surface area contributed by atoms with Crippen molar-refractivity contribution in [3.8, 4) is 0 Å². The zero-order valence-electron chi connectivity index (χ0n) is 8.24. The standard InChI is InChI=1S/BH3O3.2K.2H3O4P/c2-1(3)4;;;2*1-5(2,3)4/h2-4H;;;2*(H3,1,2,3,4)/q;2*+1;;/p-2. The molecule has 0 aromatic carbocycles. The van der Waals surface area contributed by atoms with E-state index in [1.54, 1.807) is 0 Å². The summed E-state index contributed by atoms with van der Waals surface area (Å²) in [6.45, 7) is 0. The Hall–Kier alpha value is 3.44. The number of hydrogen-bond acceptors (Lipinski definition) is 7. The molecule has 0 saturated carbocycles. The van der Waals surface area contributed by atoms with Crippen LogP contribution in [0.3, 0.4) is 0 Å². The van der Waals surface area contributed by atoms with Crippen LogP contribution in [0.1, 0.15) is 0 Å². The molecule has 0 aromatic heterocycles. The molecule has 16 heavy (non-hydrogen) atoms. The molecule has 16 heteroatoms. The molecule has 11 nitrogen and oxygen atoms in total. The first kappa shape index (κ1) is 31.7. The van der Waals surface area contributed by atoms with Gasteiger partial charge in [-0.05, 0) is 0 Å². The minimum Gasteiger partial charge on any atom is -0.790 e. The van der Waals surface area contributed by atoms with Crippen molar-refractivity contribution in [1.82, 2.24) is 0 Å². The Labute approximate surface area is 175 Å². The summed E-state index contributed by atoms with van der Waals surface area (Å²) in [5.74, 6) is 0. The summed E-state index contributed by atoms with van der Waals surface area (Å²) in [5.41, 5.74) is 0. The Kier molecular flexibility index (Phi) is 32.7. The van der Waals surface area contributed by atoms with Crippen LogP contribution in [0.25, 0.3) is 0 Å². The fourth-order valence-corrected chi connectivity index (χ4v) is 0. The van der Waals surface area contributed by atoms with Gasteiger partial charge in [-0.15, -0.1) is 0 Å². The Morgan fingerprint density at radius 3 is 0.812 bits per heavy atom. The Balaban J connectivity index is -0.0000000358. The third-order valence-corrected chi connectivity index (χ3v) is 0. The van der Waals surface area contributed by atoms with Crippen molar-refractivity contribution in [3.05, 3.63) is 0 Å². The molecule has 0 unspecified atom stereocenters. The average molecular weight is 334 g/mol. The van der Waals surface area contributed by atoms with Crippen LogP contribution in [-0.4, -0.2) is 42.0 Å². The van der Waals surface area contributed by atoms with Gasteiger partial charge in [0, 0.05) is 0 Å². The molecule has 0 rings (SSSR count). The summed E-state index contributed by atoms with van der Waals surface area (Å²) in [5, 5.41) is 21.5. The van der Waals surface area contributed by atoms with Crippen molar-refractivity contribution in [2.24, 2.45) is 0 Å². The maximum Gasteiger partial charge on any atom is 1.00 e. The fraction of sp³-hybridized carbons (Fsp3) is 0. The fourth-order valence-electron chi connectivity index (χ4n) is 0. The van der Waals surface area contributed by atoms with Gasteiger partial charge in [0.15, 0.2) is 0 Å². The average Bonchev–Trinajstić information content (AvgIpc) is 1.45. The van der Waals surface area contributed by atoms with Gasteiger partial charge in [-0.25, -0.2) is 4.57 Å². The normalized spacial score (nSPS) is 9.06. The van der Waals surface area contributed by atoms with E-state index in [1.807, 2.05) is 0 Å². The van der Waals surface area contributed by atoms with E-state index >= 15 is 0 Å². The Morgan fingerprint density at radius 2 is 0.812 bits per heavy atom. The van der Waals surface area contributed by atoms with Crippen molar-refractivity contribution in [2.45, 2.75) is 0 Å². The van der Waals surface area contributed by atoms with E-state index in [0.717, 1.165) is 0 Å². The Morgan fingerprint density at radius 1 is 0.812 bits per heavy atom. The van der Waals surface area contributed by atoms with Crippen LogP contribution in [0.5, 0.6) is 0 Å². The molecule has 0 radical (unpaired) electrons. The molecule has 0 aromatic rings. The predicted octanol–water partition coefficient (Wildman–Crippen LogP) is -11.2. The first-order valence-electron chi connectivity index (χ1n) is 2.30. The van der Waals surface area contributed by atoms with Crippen LogP contribution in [0.4, 0.5) is 0 Å². The second kappa shape index (κ2) is 16.5. The quantitative estimate of drug-likeness (QED) is 0.163. The molecular formula is H7BK2O11P2. The molecule has 0 spiro atoms. The van der Waals surface area contributed by atoms with Crippen LogP contribution in [-0.2, 0) is 9.13 Å². The van der Waals surface area contributed by atoms with Gasteiger partial charge in [0.1, 0.15) is 0 Å². The van der Waals surface area contributed by atoms with E-state index < -0.39 is 23.0 Å². The minimum atomic E-state index is -5.14. The Bertz CT molecular complexity index is 165. The predicted molar refractivity (Wildman–Crippen MR) is 36.5 cm³/mol. The summed E-state index contributed by atoms with van der Waals surface area (Å²) in [7, 11) is -11.9. The van der Waals surface area contributed by atoms with Gasteiger partial charge in [-0.2, -0.15) is 0 Å². The maximum absolute atomic E-state index is 8.88. The van der Waals surface area contributed by atoms with Crippen molar-refractivity contribution in [1.29, 1.82) is 0 Å². The van der Waals surface area contributed by atoms with E-state index in [9.17, 15) is 0 Å². The first-order chi connectivity index (χ1) is 5.73. The van der Waals surface area contributed by atoms with Crippen LogP contribution in [0, 0.1) is 0 Å². The second-order valence-electron chi connectivity index (χ2n) is 1.33. The zero-order chi connectivity index (χ0) is 12.6. The number of phosphoric acid groups is 2. The molecule has 0 atom stereocenters. The van der Waals surface area contributed by atoms with E-state index in [4.69, 9.17) is 53.6 Å².